The molecule has 20 heavy (non-hydrogen) atoms. The third-order valence-corrected chi connectivity index (χ3v) is 3.37. The summed E-state index contributed by atoms with van der Waals surface area (Å²) in [5, 5.41) is 0. The lowest BCUT2D eigenvalue weighted by Gasteiger charge is -2.15. The Hall–Kier alpha value is -2.82. The molecule has 3 rings (SSSR count). The van der Waals surface area contributed by atoms with E-state index in [1.165, 1.54) is 4.90 Å². The Bertz CT molecular complexity index is 690. The fourth-order valence-electron chi connectivity index (χ4n) is 2.32. The van der Waals surface area contributed by atoms with Crippen molar-refractivity contribution in [2.75, 3.05) is 11.5 Å². The Labute approximate surface area is 115 Å². The normalized spacial score (nSPS) is 13.7. The number of fused-ring (bicyclic) bond motifs is 1. The highest BCUT2D eigenvalue weighted by atomic mass is 16.2. The Morgan fingerprint density at radius 3 is 2.10 bits per heavy atom. The maximum Gasteiger partial charge on any atom is 0.261 e. The largest absolute Gasteiger partial charge is 0.399 e. The number of hydrogen-bond acceptors (Lipinski definition) is 4. The average Bonchev–Trinajstić information content (AvgIpc) is 2.68. The van der Waals surface area contributed by atoms with Crippen LogP contribution in [-0.2, 0) is 6.54 Å². The first-order valence-corrected chi connectivity index (χ1v) is 6.17. The van der Waals surface area contributed by atoms with Gasteiger partial charge in [-0.25, -0.2) is 0 Å². The summed E-state index contributed by atoms with van der Waals surface area (Å²) < 4.78 is 0. The maximum absolute atomic E-state index is 12.2. The van der Waals surface area contributed by atoms with Crippen molar-refractivity contribution in [3.05, 3.63) is 59.2 Å². The van der Waals surface area contributed by atoms with Crippen molar-refractivity contribution < 1.29 is 9.59 Å². The molecular weight excluding hydrogens is 254 g/mol. The number of benzene rings is 2. The van der Waals surface area contributed by atoms with Crippen LogP contribution in [0.15, 0.2) is 42.5 Å². The van der Waals surface area contributed by atoms with Gasteiger partial charge in [-0.1, -0.05) is 12.1 Å². The molecule has 5 heteroatoms. The van der Waals surface area contributed by atoms with Crippen molar-refractivity contribution in [2.24, 2.45) is 0 Å². The number of carbonyl (C=O) groups excluding carboxylic acids is 2. The number of nitrogen functional groups attached to an aromatic ring is 2. The van der Waals surface area contributed by atoms with E-state index in [-0.39, 0.29) is 18.4 Å². The number of carbonyl (C=O) groups is 2. The molecule has 0 aromatic heterocycles. The summed E-state index contributed by atoms with van der Waals surface area (Å²) in [4.78, 5) is 25.7. The molecule has 1 aliphatic rings. The van der Waals surface area contributed by atoms with E-state index in [2.05, 4.69) is 0 Å². The lowest BCUT2D eigenvalue weighted by atomic mass is 10.1. The standard InChI is InChI=1S/C15H13N3O2/c16-10-5-6-13(17)9(7-10)8-18-14(19)11-3-1-2-4-12(11)15(18)20/h1-7H,8,16-17H2. The molecule has 1 aliphatic heterocycles. The molecule has 5 nitrogen and oxygen atoms in total. The van der Waals surface area contributed by atoms with Crippen LogP contribution >= 0.6 is 0 Å². The molecule has 0 saturated heterocycles. The quantitative estimate of drug-likeness (QED) is 0.639. The summed E-state index contributed by atoms with van der Waals surface area (Å²) in [6.07, 6.45) is 0. The van der Waals surface area contributed by atoms with Gasteiger partial charge in [0, 0.05) is 11.4 Å². The predicted octanol–water partition coefficient (Wildman–Crippen LogP) is 1.65. The lowest BCUT2D eigenvalue weighted by Crippen LogP contribution is -2.29. The van der Waals surface area contributed by atoms with E-state index < -0.39 is 0 Å². The fourth-order valence-corrected chi connectivity index (χ4v) is 2.32. The monoisotopic (exact) mass is 267 g/mol. The number of anilines is 2. The lowest BCUT2D eigenvalue weighted by molar-refractivity contribution is 0.0642. The van der Waals surface area contributed by atoms with E-state index in [4.69, 9.17) is 11.5 Å². The number of hydrogen-bond donors (Lipinski definition) is 2. The second-order valence-electron chi connectivity index (χ2n) is 4.70. The molecule has 2 amide bonds. The second-order valence-corrected chi connectivity index (χ2v) is 4.70. The Morgan fingerprint density at radius 1 is 0.900 bits per heavy atom. The number of amides is 2. The van der Waals surface area contributed by atoms with Gasteiger partial charge in [-0.15, -0.1) is 0 Å². The topological polar surface area (TPSA) is 89.4 Å². The molecule has 4 N–H and O–H groups in total. The first-order chi connectivity index (χ1) is 9.58. The maximum atomic E-state index is 12.2. The third kappa shape index (κ3) is 1.80. The van der Waals surface area contributed by atoms with Gasteiger partial charge in [0.1, 0.15) is 0 Å². The molecule has 0 bridgehead atoms. The first-order valence-electron chi connectivity index (χ1n) is 6.17. The molecule has 0 radical (unpaired) electrons. The molecule has 0 saturated carbocycles. The van der Waals surface area contributed by atoms with Gasteiger partial charge in [-0.3, -0.25) is 14.5 Å². The molecule has 0 unspecified atom stereocenters. The van der Waals surface area contributed by atoms with Gasteiger partial charge in [0.25, 0.3) is 11.8 Å². The third-order valence-electron chi connectivity index (χ3n) is 3.37. The van der Waals surface area contributed by atoms with Crippen LogP contribution in [0.3, 0.4) is 0 Å². The van der Waals surface area contributed by atoms with Gasteiger partial charge in [0.2, 0.25) is 0 Å². The van der Waals surface area contributed by atoms with E-state index in [0.29, 0.717) is 28.1 Å². The second kappa shape index (κ2) is 4.38. The molecular formula is C15H13N3O2. The van der Waals surface area contributed by atoms with Crippen LogP contribution in [0.5, 0.6) is 0 Å². The van der Waals surface area contributed by atoms with Crippen LogP contribution in [-0.4, -0.2) is 16.7 Å². The minimum Gasteiger partial charge on any atom is -0.399 e. The number of nitrogens with two attached hydrogens (primary N) is 2. The minimum absolute atomic E-state index is 0.128. The van der Waals surface area contributed by atoms with E-state index >= 15 is 0 Å². The van der Waals surface area contributed by atoms with Crippen LogP contribution in [0.2, 0.25) is 0 Å². The Balaban J connectivity index is 1.96. The summed E-state index contributed by atoms with van der Waals surface area (Å²) in [6.45, 7) is 0.128. The highest BCUT2D eigenvalue weighted by Gasteiger charge is 2.35. The van der Waals surface area contributed by atoms with Crippen molar-refractivity contribution in [3.63, 3.8) is 0 Å². The van der Waals surface area contributed by atoms with Gasteiger partial charge in [-0.05, 0) is 35.9 Å². The summed E-state index contributed by atoms with van der Waals surface area (Å²) in [5.41, 5.74) is 14.2. The summed E-state index contributed by atoms with van der Waals surface area (Å²) in [6, 6.07) is 11.8. The molecule has 0 fully saturated rings. The molecule has 2 aromatic carbocycles. The Morgan fingerprint density at radius 2 is 1.50 bits per heavy atom. The molecule has 1 heterocycles. The first kappa shape index (κ1) is 12.2. The van der Waals surface area contributed by atoms with Gasteiger partial charge in [-0.2, -0.15) is 0 Å². The van der Waals surface area contributed by atoms with Gasteiger partial charge in [0.05, 0.1) is 17.7 Å². The van der Waals surface area contributed by atoms with Gasteiger partial charge >= 0.3 is 0 Å². The number of rotatable bonds is 2. The molecule has 0 atom stereocenters. The zero-order valence-corrected chi connectivity index (χ0v) is 10.7. The minimum atomic E-state index is -0.299. The zero-order chi connectivity index (χ0) is 14.3. The van der Waals surface area contributed by atoms with Crippen molar-refractivity contribution in [1.82, 2.24) is 4.90 Å². The number of nitrogens with zero attached hydrogens (tertiary/aromatic N) is 1. The van der Waals surface area contributed by atoms with Crippen LogP contribution in [0.1, 0.15) is 26.3 Å². The van der Waals surface area contributed by atoms with E-state index in [1.807, 2.05) is 0 Å². The fraction of sp³-hybridized carbons (Fsp3) is 0.0667. The van der Waals surface area contributed by atoms with Crippen LogP contribution in [0.4, 0.5) is 11.4 Å². The van der Waals surface area contributed by atoms with Crippen molar-refractivity contribution in [3.8, 4) is 0 Å². The molecule has 0 spiro atoms. The van der Waals surface area contributed by atoms with Gasteiger partial charge < -0.3 is 11.5 Å². The summed E-state index contributed by atoms with van der Waals surface area (Å²) >= 11 is 0. The SMILES string of the molecule is Nc1ccc(N)c(CN2C(=O)c3ccccc3C2=O)c1. The highest BCUT2D eigenvalue weighted by molar-refractivity contribution is 6.21. The molecule has 100 valence electrons. The smallest absolute Gasteiger partial charge is 0.261 e. The van der Waals surface area contributed by atoms with Crippen LogP contribution in [0.25, 0.3) is 0 Å². The van der Waals surface area contributed by atoms with Crippen molar-refractivity contribution in [1.29, 1.82) is 0 Å². The summed E-state index contributed by atoms with van der Waals surface area (Å²) in [5.74, 6) is -0.597. The van der Waals surface area contributed by atoms with Crippen LogP contribution in [0, 0.1) is 0 Å². The summed E-state index contributed by atoms with van der Waals surface area (Å²) in [7, 11) is 0. The van der Waals surface area contributed by atoms with E-state index in [9.17, 15) is 9.59 Å². The Kier molecular flexibility index (Phi) is 2.68. The zero-order valence-electron chi connectivity index (χ0n) is 10.7. The van der Waals surface area contributed by atoms with Crippen LogP contribution < -0.4 is 11.5 Å². The predicted molar refractivity (Wildman–Crippen MR) is 75.9 cm³/mol. The highest BCUT2D eigenvalue weighted by Crippen LogP contribution is 2.26. The van der Waals surface area contributed by atoms with Gasteiger partial charge in [0.15, 0.2) is 0 Å². The average molecular weight is 267 g/mol. The van der Waals surface area contributed by atoms with Crippen molar-refractivity contribution >= 4 is 23.2 Å². The van der Waals surface area contributed by atoms with E-state index in [1.54, 1.807) is 42.5 Å². The molecule has 0 aliphatic carbocycles. The number of imide groups is 1. The van der Waals surface area contributed by atoms with E-state index in [0.717, 1.165) is 0 Å². The van der Waals surface area contributed by atoms with Crippen molar-refractivity contribution in [2.45, 2.75) is 6.54 Å². The molecule has 2 aromatic rings.